The van der Waals surface area contributed by atoms with Crippen molar-refractivity contribution in [3.8, 4) is 0 Å². The first kappa shape index (κ1) is 14.8. The van der Waals surface area contributed by atoms with Crippen molar-refractivity contribution in [2.45, 2.75) is 32.9 Å². The van der Waals surface area contributed by atoms with E-state index in [1.165, 1.54) is 5.56 Å². The van der Waals surface area contributed by atoms with Crippen LogP contribution in [0.4, 0.5) is 5.69 Å². The standard InChI is InChI=1S/C15H24BrN3/c1-15(2,3)19-6-4-18(5-7-19)11-12-8-13(16)10-14(17)9-12/h8-10H,4-7,11,17H2,1-3H3. The zero-order chi connectivity index (χ0) is 14.0. The van der Waals surface area contributed by atoms with Crippen LogP contribution >= 0.6 is 15.9 Å². The molecular formula is C15H24BrN3. The highest BCUT2D eigenvalue weighted by Crippen LogP contribution is 2.20. The Labute approximate surface area is 124 Å². The van der Waals surface area contributed by atoms with Crippen molar-refractivity contribution in [3.05, 3.63) is 28.2 Å². The lowest BCUT2D eigenvalue weighted by Crippen LogP contribution is -2.53. The van der Waals surface area contributed by atoms with E-state index in [0.29, 0.717) is 0 Å². The number of anilines is 1. The number of nitrogens with zero attached hydrogens (tertiary/aromatic N) is 2. The minimum absolute atomic E-state index is 0.284. The van der Waals surface area contributed by atoms with Crippen LogP contribution in [0.1, 0.15) is 26.3 Å². The quantitative estimate of drug-likeness (QED) is 0.848. The van der Waals surface area contributed by atoms with Crippen LogP contribution in [-0.4, -0.2) is 41.5 Å². The summed E-state index contributed by atoms with van der Waals surface area (Å²) in [7, 11) is 0. The molecule has 0 radical (unpaired) electrons. The zero-order valence-electron chi connectivity index (χ0n) is 12.1. The number of rotatable bonds is 2. The largest absolute Gasteiger partial charge is 0.399 e. The Morgan fingerprint density at radius 1 is 1.11 bits per heavy atom. The van der Waals surface area contributed by atoms with Crippen molar-refractivity contribution >= 4 is 21.6 Å². The number of piperazine rings is 1. The fourth-order valence-electron chi connectivity index (χ4n) is 2.60. The van der Waals surface area contributed by atoms with Gasteiger partial charge in [-0.05, 0) is 44.5 Å². The van der Waals surface area contributed by atoms with Gasteiger partial charge in [0.15, 0.2) is 0 Å². The molecular weight excluding hydrogens is 302 g/mol. The summed E-state index contributed by atoms with van der Waals surface area (Å²) in [5, 5.41) is 0. The number of hydrogen-bond donors (Lipinski definition) is 1. The topological polar surface area (TPSA) is 32.5 Å². The molecule has 0 aromatic heterocycles. The molecule has 0 unspecified atom stereocenters. The summed E-state index contributed by atoms with van der Waals surface area (Å²) in [5.41, 5.74) is 8.29. The van der Waals surface area contributed by atoms with Crippen molar-refractivity contribution in [2.24, 2.45) is 0 Å². The van der Waals surface area contributed by atoms with Crippen LogP contribution in [0, 0.1) is 0 Å². The summed E-state index contributed by atoms with van der Waals surface area (Å²) >= 11 is 3.51. The van der Waals surface area contributed by atoms with E-state index in [9.17, 15) is 0 Å². The summed E-state index contributed by atoms with van der Waals surface area (Å²) in [5.74, 6) is 0. The highest BCUT2D eigenvalue weighted by molar-refractivity contribution is 9.10. The lowest BCUT2D eigenvalue weighted by Gasteiger charge is -2.42. The van der Waals surface area contributed by atoms with Crippen LogP contribution < -0.4 is 5.73 Å². The molecule has 0 atom stereocenters. The average molecular weight is 326 g/mol. The molecule has 0 spiro atoms. The molecule has 106 valence electrons. The minimum Gasteiger partial charge on any atom is -0.399 e. The fourth-order valence-corrected chi connectivity index (χ4v) is 3.16. The van der Waals surface area contributed by atoms with Gasteiger partial charge in [-0.2, -0.15) is 0 Å². The summed E-state index contributed by atoms with van der Waals surface area (Å²) in [6.07, 6.45) is 0. The maximum Gasteiger partial charge on any atom is 0.0328 e. The second-order valence-corrected chi connectivity index (χ2v) is 7.24. The molecule has 0 aliphatic carbocycles. The van der Waals surface area contributed by atoms with Gasteiger partial charge in [0.25, 0.3) is 0 Å². The van der Waals surface area contributed by atoms with Gasteiger partial charge in [0.1, 0.15) is 0 Å². The summed E-state index contributed by atoms with van der Waals surface area (Å²) < 4.78 is 1.07. The second-order valence-electron chi connectivity index (χ2n) is 6.33. The molecule has 1 fully saturated rings. The van der Waals surface area contributed by atoms with Gasteiger partial charge < -0.3 is 5.73 Å². The van der Waals surface area contributed by atoms with Crippen molar-refractivity contribution in [1.82, 2.24) is 9.80 Å². The van der Waals surface area contributed by atoms with Crippen LogP contribution in [0.25, 0.3) is 0 Å². The molecule has 1 saturated heterocycles. The predicted molar refractivity (Wildman–Crippen MR) is 85.2 cm³/mol. The van der Waals surface area contributed by atoms with Gasteiger partial charge in [0.2, 0.25) is 0 Å². The van der Waals surface area contributed by atoms with Crippen molar-refractivity contribution in [2.75, 3.05) is 31.9 Å². The van der Waals surface area contributed by atoms with E-state index >= 15 is 0 Å². The van der Waals surface area contributed by atoms with Crippen molar-refractivity contribution < 1.29 is 0 Å². The van der Waals surface area contributed by atoms with Gasteiger partial charge in [-0.1, -0.05) is 15.9 Å². The predicted octanol–water partition coefficient (Wildman–Crippen LogP) is 2.95. The molecule has 2 N–H and O–H groups in total. The Morgan fingerprint density at radius 3 is 2.26 bits per heavy atom. The lowest BCUT2D eigenvalue weighted by atomic mass is 10.0. The summed E-state index contributed by atoms with van der Waals surface area (Å²) in [6, 6.07) is 6.18. The number of hydrogen-bond acceptors (Lipinski definition) is 3. The maximum atomic E-state index is 5.89. The van der Waals surface area contributed by atoms with Crippen molar-refractivity contribution in [1.29, 1.82) is 0 Å². The van der Waals surface area contributed by atoms with Crippen LogP contribution in [0.2, 0.25) is 0 Å². The van der Waals surface area contributed by atoms with Gasteiger partial charge in [0, 0.05) is 48.4 Å². The molecule has 2 rings (SSSR count). The molecule has 0 amide bonds. The van der Waals surface area contributed by atoms with E-state index in [1.807, 2.05) is 6.07 Å². The Balaban J connectivity index is 1.92. The molecule has 0 bridgehead atoms. The van der Waals surface area contributed by atoms with E-state index in [1.54, 1.807) is 0 Å². The molecule has 0 saturated carbocycles. The maximum absolute atomic E-state index is 5.89. The Hall–Kier alpha value is -0.580. The molecule has 1 aliphatic heterocycles. The first-order valence-corrected chi connectivity index (χ1v) is 7.66. The van der Waals surface area contributed by atoms with Gasteiger partial charge in [-0.15, -0.1) is 0 Å². The van der Waals surface area contributed by atoms with E-state index < -0.39 is 0 Å². The smallest absolute Gasteiger partial charge is 0.0328 e. The Morgan fingerprint density at radius 2 is 1.74 bits per heavy atom. The monoisotopic (exact) mass is 325 g/mol. The third-order valence-electron chi connectivity index (χ3n) is 3.71. The normalized spacial score (nSPS) is 18.7. The molecule has 19 heavy (non-hydrogen) atoms. The molecule has 4 heteroatoms. The van der Waals surface area contributed by atoms with E-state index in [2.05, 4.69) is 58.6 Å². The number of halogens is 1. The molecule has 1 aromatic carbocycles. The highest BCUT2D eigenvalue weighted by atomic mass is 79.9. The second kappa shape index (κ2) is 5.81. The average Bonchev–Trinajstić information content (AvgIpc) is 2.26. The van der Waals surface area contributed by atoms with Crippen LogP contribution in [-0.2, 0) is 6.54 Å². The lowest BCUT2D eigenvalue weighted by molar-refractivity contribution is 0.0591. The Bertz CT molecular complexity index is 411. The zero-order valence-corrected chi connectivity index (χ0v) is 13.7. The third kappa shape index (κ3) is 4.20. The Kier molecular flexibility index (Phi) is 4.54. The fraction of sp³-hybridized carbons (Fsp3) is 0.600. The molecule has 1 heterocycles. The van der Waals surface area contributed by atoms with Crippen molar-refractivity contribution in [3.63, 3.8) is 0 Å². The van der Waals surface area contributed by atoms with Crippen LogP contribution in [0.5, 0.6) is 0 Å². The van der Waals surface area contributed by atoms with Gasteiger partial charge in [-0.25, -0.2) is 0 Å². The van der Waals surface area contributed by atoms with Crippen LogP contribution in [0.3, 0.4) is 0 Å². The molecule has 1 aliphatic rings. The SMILES string of the molecule is CC(C)(C)N1CCN(Cc2cc(N)cc(Br)c2)CC1. The van der Waals surface area contributed by atoms with Crippen LogP contribution in [0.15, 0.2) is 22.7 Å². The van der Waals surface area contributed by atoms with Gasteiger partial charge in [-0.3, -0.25) is 9.80 Å². The number of benzene rings is 1. The first-order chi connectivity index (χ1) is 8.84. The summed E-state index contributed by atoms with van der Waals surface area (Å²) in [6.45, 7) is 12.4. The number of nitrogen functional groups attached to an aromatic ring is 1. The van der Waals surface area contributed by atoms with E-state index in [0.717, 1.165) is 42.9 Å². The first-order valence-electron chi connectivity index (χ1n) is 6.87. The summed E-state index contributed by atoms with van der Waals surface area (Å²) in [4.78, 5) is 5.06. The van der Waals surface area contributed by atoms with Gasteiger partial charge >= 0.3 is 0 Å². The van der Waals surface area contributed by atoms with Gasteiger partial charge in [0.05, 0.1) is 0 Å². The molecule has 1 aromatic rings. The number of nitrogens with two attached hydrogens (primary N) is 1. The van der Waals surface area contributed by atoms with E-state index in [-0.39, 0.29) is 5.54 Å². The minimum atomic E-state index is 0.284. The highest BCUT2D eigenvalue weighted by Gasteiger charge is 2.25. The third-order valence-corrected chi connectivity index (χ3v) is 4.16. The molecule has 3 nitrogen and oxygen atoms in total. The van der Waals surface area contributed by atoms with E-state index in [4.69, 9.17) is 5.73 Å².